The molecule has 2 rings (SSSR count). The number of carbonyl (C=O) groups excluding carboxylic acids is 1. The molecule has 0 bridgehead atoms. The number of aldehydes is 1. The van der Waals surface area contributed by atoms with E-state index in [0.717, 1.165) is 12.7 Å². The highest BCUT2D eigenvalue weighted by atomic mass is 16.3. The Bertz CT molecular complexity index is 490. The average Bonchev–Trinajstić information content (AvgIpc) is 2.50. The van der Waals surface area contributed by atoms with E-state index in [2.05, 4.69) is 6.58 Å². The van der Waals surface area contributed by atoms with Gasteiger partial charge >= 0.3 is 0 Å². The van der Waals surface area contributed by atoms with E-state index in [0.29, 0.717) is 6.42 Å². The molecule has 112 valence electrons. The molecule has 0 aromatic heterocycles. The van der Waals surface area contributed by atoms with Crippen LogP contribution < -0.4 is 0 Å². The summed E-state index contributed by atoms with van der Waals surface area (Å²) in [6.45, 7) is 5.61. The fraction of sp³-hybridized carbons (Fsp3) is 0.167. The summed E-state index contributed by atoms with van der Waals surface area (Å²) in [5.41, 5.74) is 1.17. The minimum Gasteiger partial charge on any atom is -0.508 e. The maximum absolute atomic E-state index is 9.40. The van der Waals surface area contributed by atoms with Gasteiger partial charge in [-0.2, -0.15) is 0 Å². The minimum atomic E-state index is 0.0880. The van der Waals surface area contributed by atoms with E-state index in [9.17, 15) is 4.79 Å². The third-order valence-electron chi connectivity index (χ3n) is 2.27. The summed E-state index contributed by atoms with van der Waals surface area (Å²) in [5.74, 6) is 0.176. The first-order valence-electron chi connectivity index (χ1n) is 6.73. The van der Waals surface area contributed by atoms with Gasteiger partial charge in [0.15, 0.2) is 0 Å². The zero-order valence-corrected chi connectivity index (χ0v) is 12.3. The molecule has 0 heterocycles. The number of phenols is 2. The summed E-state index contributed by atoms with van der Waals surface area (Å²) in [7, 11) is 0. The number of benzene rings is 2. The Morgan fingerprint density at radius 3 is 1.81 bits per heavy atom. The fourth-order valence-corrected chi connectivity index (χ4v) is 1.20. The third kappa shape index (κ3) is 11.0. The van der Waals surface area contributed by atoms with Crippen LogP contribution in [0.4, 0.5) is 0 Å². The first-order valence-corrected chi connectivity index (χ1v) is 6.73. The quantitative estimate of drug-likeness (QED) is 0.821. The molecule has 0 aliphatic heterocycles. The number of hydrogen-bond donors (Lipinski definition) is 2. The summed E-state index contributed by atoms with van der Waals surface area (Å²) in [5, 5.41) is 17.3. The van der Waals surface area contributed by atoms with Crippen LogP contribution in [0.1, 0.15) is 25.3 Å². The Kier molecular flexibility index (Phi) is 11.0. The monoisotopic (exact) mass is 286 g/mol. The summed E-state index contributed by atoms with van der Waals surface area (Å²) in [6.07, 6.45) is 4.45. The van der Waals surface area contributed by atoms with Crippen molar-refractivity contribution in [1.29, 1.82) is 0 Å². The predicted octanol–water partition coefficient (Wildman–Crippen LogP) is 4.41. The van der Waals surface area contributed by atoms with E-state index >= 15 is 0 Å². The Morgan fingerprint density at radius 1 is 1.00 bits per heavy atom. The highest BCUT2D eigenvalue weighted by molar-refractivity contribution is 5.48. The van der Waals surface area contributed by atoms with Crippen molar-refractivity contribution in [2.75, 3.05) is 0 Å². The van der Waals surface area contributed by atoms with Crippen LogP contribution in [0, 0.1) is 0 Å². The molecule has 2 aromatic carbocycles. The highest BCUT2D eigenvalue weighted by Gasteiger charge is 1.85. The highest BCUT2D eigenvalue weighted by Crippen LogP contribution is 2.14. The lowest BCUT2D eigenvalue weighted by atomic mass is 10.2. The lowest BCUT2D eigenvalue weighted by molar-refractivity contribution is -0.107. The van der Waals surface area contributed by atoms with E-state index in [4.69, 9.17) is 10.2 Å². The average molecular weight is 286 g/mol. The summed E-state index contributed by atoms with van der Waals surface area (Å²) < 4.78 is 0. The number of hydrogen-bond acceptors (Lipinski definition) is 3. The van der Waals surface area contributed by atoms with Gasteiger partial charge in [-0.1, -0.05) is 56.0 Å². The molecule has 0 fully saturated rings. The van der Waals surface area contributed by atoms with Gasteiger partial charge in [-0.15, -0.1) is 0 Å². The van der Waals surface area contributed by atoms with E-state index in [1.807, 2.05) is 43.3 Å². The summed E-state index contributed by atoms with van der Waals surface area (Å²) in [4.78, 5) is 9.40. The number of phenolic OH excluding ortho intramolecular Hbond substituents is 2. The standard InChI is InChI=1S/C8H8.C6H6O2.C4H8O/c1-2-8-6-4-3-5-7-8;7-5-2-1-3-6(8)4-5;1-2-3-4-5/h2-7H,1H2;1-4,7-8H;4H,2-3H2,1H3. The molecular weight excluding hydrogens is 264 g/mol. The molecule has 21 heavy (non-hydrogen) atoms. The molecule has 0 atom stereocenters. The first-order chi connectivity index (χ1) is 10.1. The number of aromatic hydroxyl groups is 2. The first kappa shape index (κ1) is 18.4. The Balaban J connectivity index is 0.000000296. The second-order valence-electron chi connectivity index (χ2n) is 4.09. The topological polar surface area (TPSA) is 57.5 Å². The molecule has 0 unspecified atom stereocenters. The van der Waals surface area contributed by atoms with Crippen LogP contribution in [0.25, 0.3) is 6.08 Å². The maximum atomic E-state index is 9.40. The van der Waals surface area contributed by atoms with Crippen molar-refractivity contribution in [3.8, 4) is 11.5 Å². The van der Waals surface area contributed by atoms with Crippen molar-refractivity contribution in [3.63, 3.8) is 0 Å². The second-order valence-corrected chi connectivity index (χ2v) is 4.09. The van der Waals surface area contributed by atoms with Crippen LogP contribution >= 0.6 is 0 Å². The molecule has 0 radical (unpaired) electrons. The van der Waals surface area contributed by atoms with Crippen molar-refractivity contribution >= 4 is 12.4 Å². The van der Waals surface area contributed by atoms with Crippen molar-refractivity contribution < 1.29 is 15.0 Å². The largest absolute Gasteiger partial charge is 0.508 e. The number of unbranched alkanes of at least 4 members (excludes halogenated alkanes) is 1. The Labute approximate surface area is 126 Å². The van der Waals surface area contributed by atoms with Gasteiger partial charge in [-0.3, -0.25) is 0 Å². The molecule has 2 aromatic rings. The molecule has 0 aliphatic rings. The molecular formula is C18H22O3. The van der Waals surface area contributed by atoms with Crippen LogP contribution in [-0.4, -0.2) is 16.5 Å². The normalized spacial score (nSPS) is 8.43. The van der Waals surface area contributed by atoms with Crippen LogP contribution in [-0.2, 0) is 4.79 Å². The van der Waals surface area contributed by atoms with Gasteiger partial charge in [0.05, 0.1) is 0 Å². The molecule has 0 aliphatic carbocycles. The van der Waals surface area contributed by atoms with E-state index < -0.39 is 0 Å². The summed E-state index contributed by atoms with van der Waals surface area (Å²) >= 11 is 0. The Hall–Kier alpha value is -2.55. The van der Waals surface area contributed by atoms with Crippen LogP contribution in [0.5, 0.6) is 11.5 Å². The molecule has 0 amide bonds. The molecule has 3 heteroatoms. The number of rotatable bonds is 3. The van der Waals surface area contributed by atoms with Gasteiger partial charge < -0.3 is 15.0 Å². The molecule has 0 spiro atoms. The van der Waals surface area contributed by atoms with Crippen molar-refractivity contribution in [2.24, 2.45) is 0 Å². The smallest absolute Gasteiger partial charge is 0.119 e. The Morgan fingerprint density at radius 2 is 1.57 bits per heavy atom. The van der Waals surface area contributed by atoms with Gasteiger partial charge in [-0.25, -0.2) is 0 Å². The van der Waals surface area contributed by atoms with Crippen LogP contribution in [0.15, 0.2) is 61.2 Å². The van der Waals surface area contributed by atoms with Gasteiger partial charge in [0.1, 0.15) is 17.8 Å². The predicted molar refractivity (Wildman–Crippen MR) is 87.3 cm³/mol. The van der Waals surface area contributed by atoms with E-state index in [1.54, 1.807) is 6.07 Å². The van der Waals surface area contributed by atoms with Crippen molar-refractivity contribution in [3.05, 3.63) is 66.7 Å². The number of carbonyl (C=O) groups is 1. The maximum Gasteiger partial charge on any atom is 0.119 e. The second kappa shape index (κ2) is 12.5. The van der Waals surface area contributed by atoms with Gasteiger partial charge in [0, 0.05) is 12.5 Å². The van der Waals surface area contributed by atoms with Gasteiger partial charge in [0.2, 0.25) is 0 Å². The molecule has 3 nitrogen and oxygen atoms in total. The molecule has 2 N–H and O–H groups in total. The zero-order chi connectivity index (χ0) is 15.9. The molecule has 0 saturated carbocycles. The van der Waals surface area contributed by atoms with Crippen LogP contribution in [0.2, 0.25) is 0 Å². The lowest BCUT2D eigenvalue weighted by Gasteiger charge is -1.89. The molecule has 0 saturated heterocycles. The fourth-order valence-electron chi connectivity index (χ4n) is 1.20. The van der Waals surface area contributed by atoms with E-state index in [1.165, 1.54) is 23.8 Å². The lowest BCUT2D eigenvalue weighted by Crippen LogP contribution is -1.64. The third-order valence-corrected chi connectivity index (χ3v) is 2.27. The van der Waals surface area contributed by atoms with Crippen molar-refractivity contribution in [2.45, 2.75) is 19.8 Å². The SMILES string of the molecule is C=Cc1ccccc1.CCCC=O.Oc1cccc(O)c1. The summed E-state index contributed by atoms with van der Waals surface area (Å²) in [6, 6.07) is 15.9. The van der Waals surface area contributed by atoms with Crippen LogP contribution in [0.3, 0.4) is 0 Å². The van der Waals surface area contributed by atoms with E-state index in [-0.39, 0.29) is 11.5 Å². The van der Waals surface area contributed by atoms with Crippen molar-refractivity contribution in [1.82, 2.24) is 0 Å². The van der Waals surface area contributed by atoms with Gasteiger partial charge in [0.25, 0.3) is 0 Å². The minimum absolute atomic E-state index is 0.0880. The zero-order valence-electron chi connectivity index (χ0n) is 12.3. The van der Waals surface area contributed by atoms with Gasteiger partial charge in [-0.05, 0) is 24.1 Å².